The maximum absolute atomic E-state index is 14.9. The zero-order chi connectivity index (χ0) is 93.7. The van der Waals surface area contributed by atoms with Crippen molar-refractivity contribution >= 4 is 86.5 Å². The molecule has 6 aliphatic carbocycles. The topological polar surface area (TPSA) is 496 Å². The summed E-state index contributed by atoms with van der Waals surface area (Å²) in [6, 6.07) is -1.06. The van der Waals surface area contributed by atoms with Crippen molar-refractivity contribution in [3.05, 3.63) is 132 Å². The van der Waals surface area contributed by atoms with Crippen LogP contribution in [0.2, 0.25) is 0 Å². The number of rotatable bonds is 18. The Morgan fingerprint density at radius 2 is 0.841 bits per heavy atom. The largest absolute Gasteiger partial charge is 0.475 e. The lowest BCUT2D eigenvalue weighted by Gasteiger charge is -2.44. The van der Waals surface area contributed by atoms with E-state index in [-0.39, 0.29) is 111 Å². The number of nitrogens with two attached hydrogens (primary N) is 4. The minimum absolute atomic E-state index is 0.0242. The third kappa shape index (κ3) is 19.4. The van der Waals surface area contributed by atoms with E-state index in [2.05, 4.69) is 76.3 Å². The van der Waals surface area contributed by atoms with Crippen molar-refractivity contribution in [2.45, 2.75) is 251 Å². The molecule has 10 heterocycles. The van der Waals surface area contributed by atoms with Gasteiger partial charge in [-0.3, -0.25) is 9.88 Å². The zero-order valence-corrected chi connectivity index (χ0v) is 79.1. The second kappa shape index (κ2) is 39.1. The predicted molar refractivity (Wildman–Crippen MR) is 489 cm³/mol. The lowest BCUT2D eigenvalue weighted by molar-refractivity contribution is -0.0687. The van der Waals surface area contributed by atoms with Gasteiger partial charge in [-0.25, -0.2) is 88.5 Å². The van der Waals surface area contributed by atoms with Crippen LogP contribution in [0.4, 0.5) is 55.1 Å². The van der Waals surface area contributed by atoms with Gasteiger partial charge in [0.15, 0.2) is 39.7 Å². The molecule has 45 heteroatoms. The molecule has 5 aliphatic heterocycles. The van der Waals surface area contributed by atoms with Crippen molar-refractivity contribution in [3.63, 3.8) is 0 Å². The van der Waals surface area contributed by atoms with Gasteiger partial charge in [0, 0.05) is 56.6 Å². The van der Waals surface area contributed by atoms with E-state index in [4.69, 9.17) is 54.0 Å². The van der Waals surface area contributed by atoms with Gasteiger partial charge in [0.2, 0.25) is 23.5 Å². The number of aromatic nitrogens is 9. The third-order valence-corrected chi connectivity index (χ3v) is 31.7. The summed E-state index contributed by atoms with van der Waals surface area (Å²) in [5, 5.41) is 55.2. The van der Waals surface area contributed by atoms with Gasteiger partial charge in [0.05, 0.1) is 86.6 Å². The number of anilines is 4. The number of pyridine rings is 1. The molecule has 3 aromatic carbocycles. The number of urea groups is 4. The van der Waals surface area contributed by atoms with Crippen LogP contribution in [0, 0.1) is 18.6 Å². The zero-order valence-electron chi connectivity index (χ0n) is 75.8. The first-order valence-electron chi connectivity index (χ1n) is 44.9. The molecular formula is C87H117F3N24O14S4. The normalized spacial score (nSPS) is 20.5. The number of hydrogen-bond acceptors (Lipinski definition) is 22. The van der Waals surface area contributed by atoms with Crippen LogP contribution in [0.3, 0.4) is 0 Å². The molecule has 13 N–H and O–H groups in total. The third-order valence-electron chi connectivity index (χ3n) is 26.4. The molecule has 7 unspecified atom stereocenters. The number of ether oxygens (including phenoxy) is 6. The first-order chi connectivity index (χ1) is 63.1. The van der Waals surface area contributed by atoms with Gasteiger partial charge in [-0.15, -0.1) is 17.5 Å². The van der Waals surface area contributed by atoms with Crippen molar-refractivity contribution in [2.24, 2.45) is 38.0 Å². The number of carbonyl (C=O) groups is 4. The summed E-state index contributed by atoms with van der Waals surface area (Å²) in [6.07, 6.45) is 21.0. The van der Waals surface area contributed by atoms with Gasteiger partial charge in [-0.1, -0.05) is 34.6 Å². The molecule has 0 radical (unpaired) electrons. The van der Waals surface area contributed by atoms with Crippen molar-refractivity contribution in [2.75, 3.05) is 102 Å². The number of likely N-dealkylation sites (tertiary alicyclic amines) is 1. The number of hydrogen-bond donors (Lipinski definition) is 9. The standard InChI is InChI=1S/C24H32N6O4S.C21H26F2N6O3S.C21H27FN6O3S.C21H32N6O4S/c1-14-17-5-3-7-19(17)22(20-8-4-6-18(14)20)27-24(31)28-35(25,32)21-9-26-30-10-15(13-34-23(21)30)29-11-16(12-29)33-2;22-7-8-25-12-10-29-20(32-11-12)17(9-26-29)33(24,31)28-21(30)27-19-15-5-1-3-13(15)18(23)14-4-2-6-16(14)19;1-27(2)12-10-28-20(31-11-12)17(9-24-28)32(23,30)26-21(29)25-19-15-7-3-5-13(15)18(22)14-6-4-8-16(14)19;1-7-14-8-16(12(2)3)19(18(24-14)13(4)5)25-21(28)26-32(22,29)17-9-23-27-10-15(30-6)11-31-20(17)27/h9,15-16H,3-8,10-13H2,1-2H3,(H3,25,27,28,31,32);9,12,25H,1-8,10-11H2,(H3,24,27,28,30,31);9,12H,3-8,10-11H2,1-2H3,(H3,23,25,26,29,30);8-9,12-13,15H,7,10-11H2,1-6H3,(H3,22,25,26,28,29)/t;;12-,32?;/m..0./s1. The number of fused-ring (bicyclic) bond motifs is 10. The van der Waals surface area contributed by atoms with E-state index in [1.807, 2.05) is 59.7 Å². The molecule has 38 nitrogen and oxygen atoms in total. The molecule has 132 heavy (non-hydrogen) atoms. The molecule has 0 bridgehead atoms. The first kappa shape index (κ1) is 95.1. The van der Waals surface area contributed by atoms with E-state index in [9.17, 15) is 49.2 Å². The number of alkyl halides is 1. The van der Waals surface area contributed by atoms with Gasteiger partial charge in [0.25, 0.3) is 0 Å². The molecule has 8 aromatic rings. The number of aryl methyl sites for hydroxylation is 1. The lowest BCUT2D eigenvalue weighted by atomic mass is 9.93. The highest BCUT2D eigenvalue weighted by molar-refractivity contribution is 7.92. The number of nitrogens with zero attached hydrogens (tertiary/aromatic N) is 15. The molecule has 8 atom stereocenters. The summed E-state index contributed by atoms with van der Waals surface area (Å²) in [5.41, 5.74) is 17.8. The van der Waals surface area contributed by atoms with Gasteiger partial charge in [0.1, 0.15) is 70.4 Å². The Hall–Kier alpha value is -10.0. The Morgan fingerprint density at radius 1 is 0.485 bits per heavy atom. The maximum Gasteiger partial charge on any atom is 0.354 e. The molecule has 1 fully saturated rings. The fraction of sp³-hybridized carbons (Fsp3) is 0.552. The van der Waals surface area contributed by atoms with Crippen LogP contribution in [0.15, 0.2) is 67.9 Å². The minimum Gasteiger partial charge on any atom is -0.475 e. The fourth-order valence-electron chi connectivity index (χ4n) is 19.5. The van der Waals surface area contributed by atoms with Gasteiger partial charge < -0.3 is 59.9 Å². The average Bonchev–Trinajstić information content (AvgIpc) is 1.60. The summed E-state index contributed by atoms with van der Waals surface area (Å²) in [6.45, 7) is 17.0. The van der Waals surface area contributed by atoms with E-state index in [0.717, 1.165) is 129 Å². The van der Waals surface area contributed by atoms with Crippen molar-refractivity contribution in [3.8, 4) is 23.5 Å². The summed E-state index contributed by atoms with van der Waals surface area (Å²) in [4.78, 5) is 60.8. The molecule has 19 rings (SSSR count). The van der Waals surface area contributed by atoms with Crippen LogP contribution in [0.25, 0.3) is 0 Å². The average molecular weight is 1910 g/mol. The van der Waals surface area contributed by atoms with Gasteiger partial charge in [-0.2, -0.15) is 20.4 Å². The number of amides is 8. The quantitative estimate of drug-likeness (QED) is 0.0385. The number of halogens is 3. The van der Waals surface area contributed by atoms with Crippen molar-refractivity contribution < 1.29 is 77.6 Å². The Kier molecular flexibility index (Phi) is 28.2. The molecule has 1 saturated heterocycles. The predicted octanol–water partition coefficient (Wildman–Crippen LogP) is 10.1. The molecule has 0 spiro atoms. The van der Waals surface area contributed by atoms with Crippen molar-refractivity contribution in [1.29, 1.82) is 0 Å². The van der Waals surface area contributed by atoms with E-state index >= 15 is 0 Å². The van der Waals surface area contributed by atoms with E-state index in [1.165, 1.54) is 62.0 Å². The van der Waals surface area contributed by atoms with Crippen LogP contribution in [0.5, 0.6) is 23.5 Å². The van der Waals surface area contributed by atoms with Crippen molar-refractivity contribution in [1.82, 2.24) is 59.2 Å². The SMILES string of the molecule is CCc1cc(C(C)C)c(NC(=O)N=S(N)(=O)c2cnn3c2OCC(OC)C3)c(C(C)C)n1.CN(C)[C@@H]1COc2c(S(N)(=O)=NC(=O)Nc3c4c(c(F)c5c3CCC5)CCC4)cnn2C1.COC1CN(C2COc3c(S(N)(=O)=NC(=O)Nc4c5c(c(C)c6c4CCC6)CCC5)cnn3C2)C1.NS(=O)(=NC(=O)Nc1c2c(c(F)c3c1CCC3)CCC2)c1cnn2c1OCC(NCCF)C2. The first-order valence-corrected chi connectivity index (χ1v) is 51.2. The number of methoxy groups -OCH3 is 2. The number of carbonyl (C=O) groups excluding carboxylic acids is 4. The second-order valence-electron chi connectivity index (χ2n) is 35.7. The summed E-state index contributed by atoms with van der Waals surface area (Å²) in [5.74, 6) is 0.965. The van der Waals surface area contributed by atoms with E-state index < -0.39 is 70.5 Å². The van der Waals surface area contributed by atoms with Gasteiger partial charge >= 0.3 is 24.1 Å². The monoisotopic (exact) mass is 1910 g/mol. The highest BCUT2D eigenvalue weighted by atomic mass is 32.2. The summed E-state index contributed by atoms with van der Waals surface area (Å²) in [7, 11) is -7.18. The summed E-state index contributed by atoms with van der Waals surface area (Å²) < 4.78 is 150. The highest BCUT2D eigenvalue weighted by Crippen LogP contribution is 2.46. The smallest absolute Gasteiger partial charge is 0.354 e. The number of benzene rings is 3. The van der Waals surface area contributed by atoms with Crippen LogP contribution in [-0.2, 0) is 159 Å². The highest BCUT2D eigenvalue weighted by Gasteiger charge is 2.41. The second-order valence-corrected chi connectivity index (χ2v) is 42.8. The van der Waals surface area contributed by atoms with Gasteiger partial charge in [-0.05, 0) is 239 Å². The summed E-state index contributed by atoms with van der Waals surface area (Å²) >= 11 is 0. The van der Waals surface area contributed by atoms with Crippen LogP contribution in [-0.4, -0.2) is 206 Å². The van der Waals surface area contributed by atoms with Crippen LogP contribution < -0.4 is 66.1 Å². The molecule has 8 amide bonds. The molecule has 5 aromatic heterocycles. The molecule has 11 aliphatic rings. The van der Waals surface area contributed by atoms with Crippen LogP contribution >= 0.6 is 0 Å². The van der Waals surface area contributed by atoms with Crippen LogP contribution in [0.1, 0.15) is 174 Å². The number of likely N-dealkylation sites (N-methyl/N-ethyl adjacent to an activating group) is 1. The fourth-order valence-corrected chi connectivity index (χ4v) is 23.5. The van der Waals surface area contributed by atoms with E-state index in [0.29, 0.717) is 136 Å². The Balaban J connectivity index is 0.000000129. The van der Waals surface area contributed by atoms with E-state index in [1.54, 1.807) is 23.6 Å². The Labute approximate surface area is 766 Å². The molecule has 714 valence electrons. The minimum atomic E-state index is -3.65. The lowest BCUT2D eigenvalue weighted by Crippen LogP contribution is -2.59. The Morgan fingerprint density at radius 3 is 1.23 bits per heavy atom. The maximum atomic E-state index is 14.9. The number of nitrogens with one attached hydrogen (secondary N) is 5. The molecule has 0 saturated carbocycles. The molecular weight excluding hydrogens is 1790 g/mol. The Bertz CT molecular complexity index is 6290.